The van der Waals surface area contributed by atoms with Crippen molar-refractivity contribution >= 4 is 18.4 Å². The molecule has 142 valence electrons. The van der Waals surface area contributed by atoms with Gasteiger partial charge >= 0.3 is 157 Å². The third kappa shape index (κ3) is 9.85. The van der Waals surface area contributed by atoms with Crippen LogP contribution in [0.15, 0.2) is 10.2 Å². The fourth-order valence-electron chi connectivity index (χ4n) is 4.04. The summed E-state index contributed by atoms with van der Waals surface area (Å²) in [6.45, 7) is 8.10. The first-order valence-electron chi connectivity index (χ1n) is 11.1. The molecule has 0 spiro atoms. The minimum absolute atomic E-state index is 0.570. The van der Waals surface area contributed by atoms with E-state index in [2.05, 4.69) is 30.9 Å². The molecular weight excluding hydrogens is 399 g/mol. The van der Waals surface area contributed by atoms with Crippen LogP contribution in [0.3, 0.4) is 0 Å². The van der Waals surface area contributed by atoms with E-state index < -0.39 is 18.4 Å². The number of hydrogen-bond acceptors (Lipinski definition) is 1. The van der Waals surface area contributed by atoms with E-state index in [4.69, 9.17) is 4.74 Å². The third-order valence-electron chi connectivity index (χ3n) is 5.73. The van der Waals surface area contributed by atoms with E-state index in [-0.39, 0.29) is 0 Å². The molecule has 1 fully saturated rings. The maximum absolute atomic E-state index is 5.87. The van der Waals surface area contributed by atoms with Gasteiger partial charge in [0, 0.05) is 0 Å². The normalized spacial score (nSPS) is 19.2. The van der Waals surface area contributed by atoms with E-state index in [9.17, 15) is 0 Å². The van der Waals surface area contributed by atoms with Crippen molar-refractivity contribution in [3.63, 3.8) is 0 Å². The van der Waals surface area contributed by atoms with Gasteiger partial charge in [-0.05, 0) is 0 Å². The molecule has 1 saturated heterocycles. The van der Waals surface area contributed by atoms with Gasteiger partial charge in [-0.15, -0.1) is 0 Å². The van der Waals surface area contributed by atoms with Gasteiger partial charge in [0.1, 0.15) is 0 Å². The quantitative estimate of drug-likeness (QED) is 0.198. The van der Waals surface area contributed by atoms with E-state index in [0.29, 0.717) is 6.10 Å². The van der Waals surface area contributed by atoms with E-state index >= 15 is 0 Å². The van der Waals surface area contributed by atoms with E-state index in [1.54, 1.807) is 13.3 Å². The van der Waals surface area contributed by atoms with Crippen LogP contribution in [0.4, 0.5) is 0 Å². The fraction of sp³-hybridized carbons (Fsp3) is 0.909. The van der Waals surface area contributed by atoms with Crippen LogP contribution >= 0.6 is 0 Å². The summed E-state index contributed by atoms with van der Waals surface area (Å²) in [7, 11) is 0. The summed E-state index contributed by atoms with van der Waals surface area (Å²) in [6.07, 6.45) is 19.6. The maximum atomic E-state index is 5.87. The first-order chi connectivity index (χ1) is 11.8. The molecule has 0 N–H and O–H groups in total. The Hall–Kier alpha value is 0.499. The van der Waals surface area contributed by atoms with E-state index in [1.165, 1.54) is 77.0 Å². The van der Waals surface area contributed by atoms with Crippen molar-refractivity contribution in [2.75, 3.05) is 6.61 Å². The summed E-state index contributed by atoms with van der Waals surface area (Å²) in [4.78, 5) is 0. The van der Waals surface area contributed by atoms with Gasteiger partial charge in [0.2, 0.25) is 0 Å². The molecule has 2 heteroatoms. The summed E-state index contributed by atoms with van der Waals surface area (Å²) in [5, 5.41) is 0. The number of allylic oxidation sites excluding steroid dienone is 1. The van der Waals surface area contributed by atoms with Crippen molar-refractivity contribution in [2.45, 2.75) is 117 Å². The molecule has 1 unspecified atom stereocenters. The van der Waals surface area contributed by atoms with Gasteiger partial charge in [-0.1, -0.05) is 0 Å². The van der Waals surface area contributed by atoms with E-state index in [0.717, 1.165) is 6.61 Å². The van der Waals surface area contributed by atoms with Crippen LogP contribution in [-0.2, 0) is 4.74 Å². The van der Waals surface area contributed by atoms with Crippen LogP contribution in [-0.4, -0.2) is 31.1 Å². The second kappa shape index (κ2) is 14.6. The number of unbranched alkanes of at least 4 members (excludes halogenated alkanes) is 4. The van der Waals surface area contributed by atoms with Crippen LogP contribution in [0.1, 0.15) is 97.8 Å². The molecule has 1 rings (SSSR count). The minimum atomic E-state index is -2.00. The summed E-state index contributed by atoms with van der Waals surface area (Å²) < 4.78 is 13.5. The molecule has 0 bridgehead atoms. The predicted molar refractivity (Wildman–Crippen MR) is 111 cm³/mol. The van der Waals surface area contributed by atoms with Crippen molar-refractivity contribution in [3.8, 4) is 0 Å². The summed E-state index contributed by atoms with van der Waals surface area (Å²) in [6, 6.07) is 0. The Kier molecular flexibility index (Phi) is 13.8. The van der Waals surface area contributed by atoms with Crippen molar-refractivity contribution < 1.29 is 4.74 Å². The third-order valence-corrected chi connectivity index (χ3v) is 20.0. The molecule has 1 heterocycles. The molecule has 0 aromatic carbocycles. The van der Waals surface area contributed by atoms with E-state index in [1.807, 2.05) is 0 Å². The molecule has 0 radical (unpaired) electrons. The number of rotatable bonds is 14. The van der Waals surface area contributed by atoms with Gasteiger partial charge in [-0.25, -0.2) is 0 Å². The summed E-state index contributed by atoms with van der Waals surface area (Å²) in [5.74, 6) is 0. The van der Waals surface area contributed by atoms with Gasteiger partial charge in [0.05, 0.1) is 0 Å². The van der Waals surface area contributed by atoms with Crippen molar-refractivity contribution in [2.24, 2.45) is 0 Å². The Morgan fingerprint density at radius 2 is 1.50 bits per heavy atom. The summed E-state index contributed by atoms with van der Waals surface area (Å²) >= 11 is -2.00. The van der Waals surface area contributed by atoms with Gasteiger partial charge in [-0.3, -0.25) is 0 Å². The molecule has 0 amide bonds. The molecule has 1 nitrogen and oxygen atoms in total. The zero-order chi connectivity index (χ0) is 17.5. The van der Waals surface area contributed by atoms with Crippen LogP contribution in [0.25, 0.3) is 0 Å². The molecule has 0 aromatic rings. The Balaban J connectivity index is 2.46. The second-order valence-electron chi connectivity index (χ2n) is 7.99. The van der Waals surface area contributed by atoms with Gasteiger partial charge in [0.15, 0.2) is 0 Å². The molecule has 24 heavy (non-hydrogen) atoms. The molecule has 1 aliphatic rings. The fourth-order valence-corrected chi connectivity index (χ4v) is 18.6. The number of ether oxygens (including phenoxy) is 1. The Labute approximate surface area is 156 Å². The van der Waals surface area contributed by atoms with Crippen LogP contribution in [0.5, 0.6) is 0 Å². The summed E-state index contributed by atoms with van der Waals surface area (Å²) in [5.41, 5.74) is 0. The Morgan fingerprint density at radius 1 is 0.875 bits per heavy atom. The van der Waals surface area contributed by atoms with Crippen LogP contribution in [0.2, 0.25) is 13.3 Å². The first kappa shape index (κ1) is 22.5. The topological polar surface area (TPSA) is 9.23 Å². The Morgan fingerprint density at radius 3 is 2.00 bits per heavy atom. The van der Waals surface area contributed by atoms with Crippen LogP contribution < -0.4 is 0 Å². The molecule has 0 aromatic heterocycles. The second-order valence-corrected chi connectivity index (χ2v) is 21.0. The molecule has 0 aliphatic carbocycles. The molecule has 1 atom stereocenters. The average Bonchev–Trinajstić information content (AvgIpc) is 2.63. The first-order valence-corrected chi connectivity index (χ1v) is 18.8. The van der Waals surface area contributed by atoms with Crippen molar-refractivity contribution in [1.82, 2.24) is 0 Å². The van der Waals surface area contributed by atoms with Crippen LogP contribution in [0, 0.1) is 0 Å². The standard InChI is InChI=1S/C10H17O.3C4H9.Sn/c1-2-3-4-7-10-8-5-6-9-11-10;3*1-3-4-2;/h1-2,10H,3-9H2;3*1,3-4H2,2H3;. The van der Waals surface area contributed by atoms with Crippen molar-refractivity contribution in [3.05, 3.63) is 10.2 Å². The van der Waals surface area contributed by atoms with Gasteiger partial charge < -0.3 is 0 Å². The predicted octanol–water partition coefficient (Wildman–Crippen LogP) is 7.67. The Bertz CT molecular complexity index is 285. The SMILES string of the molecule is CCC[CH2][Sn](/[CH]=C/CCCC1CCCCO1)([CH2]CCC)[CH2]CCC. The monoisotopic (exact) mass is 444 g/mol. The zero-order valence-corrected chi connectivity index (χ0v) is 19.8. The van der Waals surface area contributed by atoms with Gasteiger partial charge in [0.25, 0.3) is 0 Å². The number of hydrogen-bond donors (Lipinski definition) is 0. The molecule has 1 aliphatic heterocycles. The molecule has 0 saturated carbocycles. The zero-order valence-electron chi connectivity index (χ0n) is 17.0. The van der Waals surface area contributed by atoms with Crippen molar-refractivity contribution in [1.29, 1.82) is 0 Å². The average molecular weight is 443 g/mol. The molecular formula is C22H44OSn. The van der Waals surface area contributed by atoms with Gasteiger partial charge in [-0.2, -0.15) is 0 Å².